The number of carboxylic acid groups (broad SMARTS) is 1. The molecule has 0 radical (unpaired) electrons. The van der Waals surface area contributed by atoms with Crippen molar-refractivity contribution < 1.29 is 14.7 Å². The Hall–Kier alpha value is -1.84. The zero-order valence-corrected chi connectivity index (χ0v) is 10.1. The van der Waals surface area contributed by atoms with Gasteiger partial charge >= 0.3 is 5.97 Å². The Morgan fingerprint density at radius 3 is 2.53 bits per heavy atom. The van der Waals surface area contributed by atoms with Gasteiger partial charge < -0.3 is 10.4 Å². The van der Waals surface area contributed by atoms with E-state index >= 15 is 0 Å². The topological polar surface area (TPSA) is 66.4 Å². The molecule has 92 valence electrons. The summed E-state index contributed by atoms with van der Waals surface area (Å²) in [7, 11) is 0. The molecular formula is C13H17NO3. The summed E-state index contributed by atoms with van der Waals surface area (Å²) in [6, 6.07) is 6.15. The number of carbonyl (C=O) groups excluding carboxylic acids is 1. The number of hydrogen-bond donors (Lipinski definition) is 2. The molecule has 0 heterocycles. The van der Waals surface area contributed by atoms with Crippen LogP contribution in [0.5, 0.6) is 0 Å². The minimum absolute atomic E-state index is 0.443. The Morgan fingerprint density at radius 2 is 1.94 bits per heavy atom. The number of amides is 1. The molecule has 0 spiro atoms. The third-order valence-corrected chi connectivity index (χ3v) is 2.62. The molecule has 2 N–H and O–H groups in total. The molecule has 0 atom stereocenters. The standard InChI is InChI=1S/C13H17NO3/c1-9-3-4-11(7-10(9)2)5-6-14-12(15)8-13(16)17/h3-4,7H,5-6,8H2,1-2H3,(H,14,15)(H,16,17). The van der Waals surface area contributed by atoms with Crippen LogP contribution in [-0.4, -0.2) is 23.5 Å². The van der Waals surface area contributed by atoms with Crippen LogP contribution in [0.4, 0.5) is 0 Å². The number of rotatable bonds is 5. The molecule has 1 aromatic rings. The van der Waals surface area contributed by atoms with E-state index in [9.17, 15) is 9.59 Å². The highest BCUT2D eigenvalue weighted by Crippen LogP contribution is 2.09. The summed E-state index contributed by atoms with van der Waals surface area (Å²) in [5.41, 5.74) is 3.60. The second kappa shape index (κ2) is 6.03. The van der Waals surface area contributed by atoms with Crippen LogP contribution < -0.4 is 5.32 Å². The van der Waals surface area contributed by atoms with E-state index in [4.69, 9.17) is 5.11 Å². The van der Waals surface area contributed by atoms with E-state index in [1.807, 2.05) is 26.0 Å². The summed E-state index contributed by atoms with van der Waals surface area (Å²) in [5, 5.41) is 11.0. The number of carboxylic acids is 1. The zero-order chi connectivity index (χ0) is 12.8. The first kappa shape index (κ1) is 13.2. The highest BCUT2D eigenvalue weighted by Gasteiger charge is 2.06. The number of aliphatic carboxylic acids is 1. The Balaban J connectivity index is 2.38. The fourth-order valence-corrected chi connectivity index (χ4v) is 1.51. The van der Waals surface area contributed by atoms with Gasteiger partial charge in [-0.1, -0.05) is 18.2 Å². The van der Waals surface area contributed by atoms with Crippen LogP contribution in [0.3, 0.4) is 0 Å². The molecule has 0 fully saturated rings. The number of carbonyl (C=O) groups is 2. The van der Waals surface area contributed by atoms with Crippen LogP contribution in [0.2, 0.25) is 0 Å². The SMILES string of the molecule is Cc1ccc(CCNC(=O)CC(=O)O)cc1C. The molecule has 0 unspecified atom stereocenters. The molecule has 0 aliphatic heterocycles. The summed E-state index contributed by atoms with van der Waals surface area (Å²) in [4.78, 5) is 21.3. The predicted molar refractivity (Wildman–Crippen MR) is 64.9 cm³/mol. The summed E-state index contributed by atoms with van der Waals surface area (Å²) < 4.78 is 0. The van der Waals surface area contributed by atoms with Crippen molar-refractivity contribution in [2.24, 2.45) is 0 Å². The van der Waals surface area contributed by atoms with E-state index in [-0.39, 0.29) is 0 Å². The Kier molecular flexibility index (Phi) is 4.69. The average Bonchev–Trinajstić information content (AvgIpc) is 2.22. The van der Waals surface area contributed by atoms with Crippen LogP contribution in [0, 0.1) is 13.8 Å². The maximum Gasteiger partial charge on any atom is 0.312 e. The molecule has 4 nitrogen and oxygen atoms in total. The number of benzene rings is 1. The molecular weight excluding hydrogens is 218 g/mol. The van der Waals surface area contributed by atoms with Gasteiger partial charge in [0.15, 0.2) is 0 Å². The molecule has 17 heavy (non-hydrogen) atoms. The lowest BCUT2D eigenvalue weighted by molar-refractivity contribution is -0.140. The van der Waals surface area contributed by atoms with Gasteiger partial charge in [0.1, 0.15) is 6.42 Å². The van der Waals surface area contributed by atoms with Gasteiger partial charge in [-0.15, -0.1) is 0 Å². The normalized spacial score (nSPS) is 10.0. The summed E-state index contributed by atoms with van der Waals surface area (Å²) in [6.45, 7) is 4.56. The molecule has 1 aromatic carbocycles. The van der Waals surface area contributed by atoms with Crippen molar-refractivity contribution in [3.05, 3.63) is 34.9 Å². The Morgan fingerprint density at radius 1 is 1.24 bits per heavy atom. The summed E-state index contributed by atoms with van der Waals surface area (Å²) in [5.74, 6) is -1.55. The van der Waals surface area contributed by atoms with E-state index in [1.165, 1.54) is 11.1 Å². The van der Waals surface area contributed by atoms with E-state index in [1.54, 1.807) is 0 Å². The van der Waals surface area contributed by atoms with E-state index in [0.29, 0.717) is 13.0 Å². The first-order chi connectivity index (χ1) is 7.99. The molecule has 0 bridgehead atoms. The van der Waals surface area contributed by atoms with Gasteiger partial charge in [0.2, 0.25) is 5.91 Å². The highest BCUT2D eigenvalue weighted by atomic mass is 16.4. The minimum Gasteiger partial charge on any atom is -0.481 e. The molecule has 1 amide bonds. The molecule has 0 aliphatic rings. The fraction of sp³-hybridized carbons (Fsp3) is 0.385. The van der Waals surface area contributed by atoms with Crippen LogP contribution in [0.15, 0.2) is 18.2 Å². The largest absolute Gasteiger partial charge is 0.481 e. The second-order valence-electron chi connectivity index (χ2n) is 4.09. The second-order valence-corrected chi connectivity index (χ2v) is 4.09. The van der Waals surface area contributed by atoms with Crippen molar-refractivity contribution in [3.63, 3.8) is 0 Å². The number of hydrogen-bond acceptors (Lipinski definition) is 2. The van der Waals surface area contributed by atoms with Crippen LogP contribution in [0.25, 0.3) is 0 Å². The lowest BCUT2D eigenvalue weighted by atomic mass is 10.0. The van der Waals surface area contributed by atoms with E-state index in [0.717, 1.165) is 5.56 Å². The average molecular weight is 235 g/mol. The maximum atomic E-state index is 11.1. The van der Waals surface area contributed by atoms with Gasteiger partial charge in [-0.05, 0) is 37.0 Å². The molecule has 1 rings (SSSR count). The molecule has 0 aromatic heterocycles. The molecule has 4 heteroatoms. The van der Waals surface area contributed by atoms with Gasteiger partial charge in [0.05, 0.1) is 0 Å². The van der Waals surface area contributed by atoms with E-state index < -0.39 is 18.3 Å². The fourth-order valence-electron chi connectivity index (χ4n) is 1.51. The summed E-state index contributed by atoms with van der Waals surface area (Å²) >= 11 is 0. The highest BCUT2D eigenvalue weighted by molar-refractivity contribution is 5.93. The van der Waals surface area contributed by atoms with Crippen molar-refractivity contribution in [3.8, 4) is 0 Å². The van der Waals surface area contributed by atoms with Crippen molar-refractivity contribution in [2.45, 2.75) is 26.7 Å². The minimum atomic E-state index is -1.10. The quantitative estimate of drug-likeness (QED) is 0.759. The van der Waals surface area contributed by atoms with Gasteiger partial charge in [-0.2, -0.15) is 0 Å². The van der Waals surface area contributed by atoms with Crippen molar-refractivity contribution in [1.82, 2.24) is 5.32 Å². The first-order valence-corrected chi connectivity index (χ1v) is 5.53. The third-order valence-electron chi connectivity index (χ3n) is 2.62. The molecule has 0 aliphatic carbocycles. The molecule has 0 saturated carbocycles. The van der Waals surface area contributed by atoms with Crippen LogP contribution >= 0.6 is 0 Å². The van der Waals surface area contributed by atoms with Gasteiger partial charge in [-0.3, -0.25) is 9.59 Å². The van der Waals surface area contributed by atoms with Gasteiger partial charge in [0.25, 0.3) is 0 Å². The summed E-state index contributed by atoms with van der Waals surface area (Å²) in [6.07, 6.45) is 0.249. The van der Waals surface area contributed by atoms with Crippen LogP contribution in [0.1, 0.15) is 23.1 Å². The lowest BCUT2D eigenvalue weighted by Crippen LogP contribution is -2.27. The predicted octanol–water partition coefficient (Wildman–Crippen LogP) is 1.44. The van der Waals surface area contributed by atoms with Crippen molar-refractivity contribution in [2.75, 3.05) is 6.54 Å². The van der Waals surface area contributed by atoms with Crippen molar-refractivity contribution >= 4 is 11.9 Å². The van der Waals surface area contributed by atoms with Gasteiger partial charge in [0, 0.05) is 6.54 Å². The number of nitrogens with one attached hydrogen (secondary N) is 1. The lowest BCUT2D eigenvalue weighted by Gasteiger charge is -2.06. The molecule has 0 saturated heterocycles. The number of aryl methyl sites for hydroxylation is 2. The van der Waals surface area contributed by atoms with E-state index in [2.05, 4.69) is 11.4 Å². The smallest absolute Gasteiger partial charge is 0.312 e. The van der Waals surface area contributed by atoms with Crippen molar-refractivity contribution in [1.29, 1.82) is 0 Å². The Bertz CT molecular complexity index is 427. The monoisotopic (exact) mass is 235 g/mol. The first-order valence-electron chi connectivity index (χ1n) is 5.53. The van der Waals surface area contributed by atoms with Gasteiger partial charge in [-0.25, -0.2) is 0 Å². The maximum absolute atomic E-state index is 11.1. The third kappa shape index (κ3) is 4.68. The zero-order valence-electron chi connectivity index (χ0n) is 10.1. The van der Waals surface area contributed by atoms with Crippen LogP contribution in [-0.2, 0) is 16.0 Å². The Labute approximate surface area is 101 Å².